The molecule has 0 bridgehead atoms. The molecule has 0 fully saturated rings. The Morgan fingerprint density at radius 1 is 1.10 bits per heavy atom. The van der Waals surface area contributed by atoms with Crippen LogP contribution in [0, 0.1) is 0 Å². The predicted octanol–water partition coefficient (Wildman–Crippen LogP) is 4.88. The number of carboxylic acid groups (broad SMARTS) is 1. The second kappa shape index (κ2) is 10.3. The molecule has 10 nitrogen and oxygen atoms in total. The van der Waals surface area contributed by atoms with Gasteiger partial charge >= 0.3 is 18.2 Å². The van der Waals surface area contributed by atoms with Crippen LogP contribution in [0.1, 0.15) is 21.5 Å². The number of halogens is 4. The summed E-state index contributed by atoms with van der Waals surface area (Å²) in [6.07, 6.45) is -5.75. The van der Waals surface area contributed by atoms with Crippen LogP contribution >= 0.6 is 11.6 Å². The molecule has 1 aliphatic rings. The van der Waals surface area contributed by atoms with Gasteiger partial charge in [0.25, 0.3) is 5.91 Å². The van der Waals surface area contributed by atoms with Crippen molar-refractivity contribution in [2.75, 3.05) is 17.3 Å². The van der Waals surface area contributed by atoms with Crippen LogP contribution in [-0.2, 0) is 15.3 Å². The van der Waals surface area contributed by atoms with Crippen LogP contribution in [0.4, 0.5) is 29.6 Å². The van der Waals surface area contributed by atoms with Gasteiger partial charge in [0.1, 0.15) is 0 Å². The number of amides is 2. The second-order valence-corrected chi connectivity index (χ2v) is 8.51. The normalized spacial score (nSPS) is 16.4. The minimum Gasteiger partial charge on any atom is -0.475 e. The standard InChI is InChI=1S/C23H17ClN4O4.C2HF3O2/c1-32-22(30)27-21-25-18-10-9-13(11-19(18)26-21)23(31)17-8-3-2-7-16(17)20(29)28(23)15-6-4-5-14(24)12-15;3-2(4,5)1(6)7/h2-12,31H,1H3,(H2,25,26,27,30);(H,6,7). The molecule has 0 saturated carbocycles. The number of aliphatic hydroxyl groups is 1. The third-order valence-electron chi connectivity index (χ3n) is 5.66. The number of methoxy groups -OCH3 is 1. The smallest absolute Gasteiger partial charge is 0.475 e. The number of imidazole rings is 1. The maximum Gasteiger partial charge on any atom is 0.490 e. The van der Waals surface area contributed by atoms with Crippen molar-refractivity contribution in [1.82, 2.24) is 9.97 Å². The predicted molar refractivity (Wildman–Crippen MR) is 134 cm³/mol. The van der Waals surface area contributed by atoms with E-state index in [-0.39, 0.29) is 11.9 Å². The van der Waals surface area contributed by atoms with Gasteiger partial charge in [0, 0.05) is 27.4 Å². The van der Waals surface area contributed by atoms with Crippen LogP contribution in [0.15, 0.2) is 66.7 Å². The number of alkyl halides is 3. The maximum atomic E-state index is 13.4. The van der Waals surface area contributed by atoms with E-state index in [2.05, 4.69) is 20.0 Å². The molecule has 39 heavy (non-hydrogen) atoms. The van der Waals surface area contributed by atoms with Gasteiger partial charge in [-0.25, -0.2) is 14.6 Å². The number of carbonyl (C=O) groups is 3. The van der Waals surface area contributed by atoms with Gasteiger partial charge in [-0.2, -0.15) is 13.2 Å². The number of nitrogens with one attached hydrogen (secondary N) is 2. The molecule has 1 aromatic heterocycles. The quantitative estimate of drug-likeness (QED) is 0.278. The molecule has 202 valence electrons. The molecule has 2 amide bonds. The molecule has 0 saturated heterocycles. The lowest BCUT2D eigenvalue weighted by Gasteiger charge is -2.35. The summed E-state index contributed by atoms with van der Waals surface area (Å²) in [7, 11) is 1.25. The summed E-state index contributed by atoms with van der Waals surface area (Å²) in [5.41, 5.74) is 1.09. The summed E-state index contributed by atoms with van der Waals surface area (Å²) in [4.78, 5) is 42.4. The lowest BCUT2D eigenvalue weighted by Crippen LogP contribution is -2.45. The van der Waals surface area contributed by atoms with Crippen LogP contribution in [0.25, 0.3) is 11.0 Å². The first-order valence-electron chi connectivity index (χ1n) is 10.9. The Bertz CT molecular complexity index is 1590. The minimum atomic E-state index is -5.08. The van der Waals surface area contributed by atoms with E-state index in [4.69, 9.17) is 21.5 Å². The van der Waals surface area contributed by atoms with E-state index in [1.807, 2.05) is 0 Å². The summed E-state index contributed by atoms with van der Waals surface area (Å²) in [6.45, 7) is 0. The molecule has 2 heterocycles. The van der Waals surface area contributed by atoms with E-state index in [1.54, 1.807) is 66.7 Å². The number of ether oxygens (including phenoxy) is 1. The van der Waals surface area contributed by atoms with E-state index < -0.39 is 24.0 Å². The largest absolute Gasteiger partial charge is 0.490 e. The molecule has 1 aliphatic heterocycles. The molecular weight excluding hydrogens is 545 g/mol. The van der Waals surface area contributed by atoms with Crippen molar-refractivity contribution in [1.29, 1.82) is 0 Å². The Morgan fingerprint density at radius 2 is 1.79 bits per heavy atom. The molecule has 1 unspecified atom stereocenters. The van der Waals surface area contributed by atoms with Crippen molar-refractivity contribution in [2.45, 2.75) is 11.9 Å². The Labute approximate surface area is 222 Å². The third kappa shape index (κ3) is 5.22. The number of fused-ring (bicyclic) bond motifs is 2. The van der Waals surface area contributed by atoms with Crippen LogP contribution < -0.4 is 10.2 Å². The zero-order chi connectivity index (χ0) is 28.5. The van der Waals surface area contributed by atoms with Crippen molar-refractivity contribution in [3.05, 3.63) is 88.4 Å². The molecule has 0 radical (unpaired) electrons. The van der Waals surface area contributed by atoms with Crippen molar-refractivity contribution in [3.8, 4) is 0 Å². The summed E-state index contributed by atoms with van der Waals surface area (Å²) in [5.74, 6) is -2.90. The number of aliphatic carboxylic acids is 1. The van der Waals surface area contributed by atoms with Gasteiger partial charge < -0.3 is 19.9 Å². The lowest BCUT2D eigenvalue weighted by atomic mass is 9.93. The number of nitrogens with zero attached hydrogens (tertiary/aromatic N) is 2. The Kier molecular flexibility index (Phi) is 7.22. The van der Waals surface area contributed by atoms with E-state index in [0.29, 0.717) is 38.4 Å². The highest BCUT2D eigenvalue weighted by atomic mass is 35.5. The molecule has 14 heteroatoms. The fraction of sp³-hybridized carbons (Fsp3) is 0.120. The highest BCUT2D eigenvalue weighted by Crippen LogP contribution is 2.45. The molecule has 4 aromatic rings. The fourth-order valence-electron chi connectivity index (χ4n) is 4.00. The maximum absolute atomic E-state index is 13.4. The van der Waals surface area contributed by atoms with Gasteiger partial charge in [0.05, 0.1) is 18.1 Å². The van der Waals surface area contributed by atoms with Crippen molar-refractivity contribution < 1.29 is 42.5 Å². The van der Waals surface area contributed by atoms with Gasteiger partial charge in [-0.05, 0) is 36.4 Å². The summed E-state index contributed by atoms with van der Waals surface area (Å²) in [6, 6.07) is 18.8. The number of hydrogen-bond acceptors (Lipinski definition) is 6. The highest BCUT2D eigenvalue weighted by Gasteiger charge is 2.50. The average Bonchev–Trinajstić information content (AvgIpc) is 3.39. The summed E-state index contributed by atoms with van der Waals surface area (Å²) >= 11 is 6.18. The van der Waals surface area contributed by atoms with Crippen molar-refractivity contribution in [3.63, 3.8) is 0 Å². The van der Waals surface area contributed by atoms with Gasteiger partial charge in [-0.1, -0.05) is 41.9 Å². The molecule has 5 rings (SSSR count). The van der Waals surface area contributed by atoms with E-state index in [1.165, 1.54) is 12.0 Å². The van der Waals surface area contributed by atoms with E-state index in [0.717, 1.165) is 0 Å². The number of benzene rings is 3. The SMILES string of the molecule is COC(=O)Nc1nc2ccc(C3(O)c4ccccc4C(=O)N3c3cccc(Cl)c3)cc2[nH]1.O=C(O)C(F)(F)F. The topological polar surface area (TPSA) is 145 Å². The van der Waals surface area contributed by atoms with Crippen LogP contribution in [-0.4, -0.2) is 51.4 Å². The Balaban J connectivity index is 0.000000448. The number of carbonyl (C=O) groups excluding carboxylic acids is 2. The molecule has 1 atom stereocenters. The van der Waals surface area contributed by atoms with Crippen molar-refractivity contribution in [2.24, 2.45) is 0 Å². The van der Waals surface area contributed by atoms with Gasteiger partial charge in [0.2, 0.25) is 5.95 Å². The number of anilines is 2. The van der Waals surface area contributed by atoms with Crippen LogP contribution in [0.2, 0.25) is 5.02 Å². The first-order valence-corrected chi connectivity index (χ1v) is 11.3. The lowest BCUT2D eigenvalue weighted by molar-refractivity contribution is -0.192. The number of H-pyrrole nitrogens is 1. The van der Waals surface area contributed by atoms with E-state index in [9.17, 15) is 27.9 Å². The molecule has 0 aliphatic carbocycles. The summed E-state index contributed by atoms with van der Waals surface area (Å²) < 4.78 is 36.3. The van der Waals surface area contributed by atoms with Gasteiger partial charge in [0.15, 0.2) is 5.72 Å². The molecule has 3 aromatic carbocycles. The monoisotopic (exact) mass is 562 g/mol. The Morgan fingerprint density at radius 3 is 2.44 bits per heavy atom. The van der Waals surface area contributed by atoms with Crippen LogP contribution in [0.5, 0.6) is 0 Å². The average molecular weight is 563 g/mol. The zero-order valence-electron chi connectivity index (χ0n) is 19.8. The first kappa shape index (κ1) is 27.4. The van der Waals surface area contributed by atoms with Crippen molar-refractivity contribution >= 4 is 52.2 Å². The minimum absolute atomic E-state index is 0.200. The number of carboxylic acids is 1. The third-order valence-corrected chi connectivity index (χ3v) is 5.89. The molecule has 4 N–H and O–H groups in total. The number of aromatic nitrogens is 2. The number of rotatable bonds is 3. The summed E-state index contributed by atoms with van der Waals surface area (Å²) in [5, 5.41) is 22.1. The second-order valence-electron chi connectivity index (χ2n) is 8.08. The number of hydrogen-bond donors (Lipinski definition) is 4. The van der Waals surface area contributed by atoms with E-state index >= 15 is 0 Å². The fourth-order valence-corrected chi connectivity index (χ4v) is 4.18. The Hall–Kier alpha value is -4.62. The van der Waals surface area contributed by atoms with Gasteiger partial charge in [-0.15, -0.1) is 0 Å². The molecular formula is C25H18ClF3N4O6. The number of aromatic amines is 1. The molecule has 0 spiro atoms. The highest BCUT2D eigenvalue weighted by molar-refractivity contribution is 6.31. The van der Waals surface area contributed by atoms with Crippen LogP contribution in [0.3, 0.4) is 0 Å². The zero-order valence-corrected chi connectivity index (χ0v) is 20.5. The van der Waals surface area contributed by atoms with Gasteiger partial charge in [-0.3, -0.25) is 15.0 Å². The first-order chi connectivity index (χ1) is 18.4.